The van der Waals surface area contributed by atoms with E-state index in [1.54, 1.807) is 6.07 Å². The van der Waals surface area contributed by atoms with Crippen molar-refractivity contribution in [2.45, 2.75) is 6.42 Å². The Bertz CT molecular complexity index is 992. The monoisotopic (exact) mass is 446 g/mol. The zero-order valence-electron chi connectivity index (χ0n) is 13.4. The van der Waals surface area contributed by atoms with Crippen molar-refractivity contribution in [3.8, 4) is 0 Å². The highest BCUT2D eigenvalue weighted by atomic mass is 127. The van der Waals surface area contributed by atoms with Gasteiger partial charge in [-0.25, -0.2) is 4.39 Å². The third-order valence-electron chi connectivity index (χ3n) is 4.56. The number of halogens is 2. The summed E-state index contributed by atoms with van der Waals surface area (Å²) in [6, 6.07) is 12.5. The van der Waals surface area contributed by atoms with Crippen molar-refractivity contribution < 1.29 is 9.18 Å². The average molecular weight is 446 g/mol. The Hall–Kier alpha value is -2.15. The largest absolute Gasteiger partial charge is 0.360 e. The summed E-state index contributed by atoms with van der Waals surface area (Å²) >= 11 is 2.22. The van der Waals surface area contributed by atoms with Crippen molar-refractivity contribution >= 4 is 45.0 Å². The minimum atomic E-state index is -0.243. The van der Waals surface area contributed by atoms with Gasteiger partial charge in [0.05, 0.1) is 0 Å². The van der Waals surface area contributed by atoms with Crippen molar-refractivity contribution in [3.05, 3.63) is 75.3 Å². The van der Waals surface area contributed by atoms with Gasteiger partial charge in [0.15, 0.2) is 0 Å². The highest BCUT2D eigenvalue weighted by Crippen LogP contribution is 2.30. The van der Waals surface area contributed by atoms with E-state index >= 15 is 0 Å². The van der Waals surface area contributed by atoms with Crippen LogP contribution in [-0.2, 0) is 0 Å². The molecule has 1 amide bonds. The van der Waals surface area contributed by atoms with Crippen molar-refractivity contribution in [1.82, 2.24) is 9.88 Å². The van der Waals surface area contributed by atoms with Gasteiger partial charge in [-0.3, -0.25) is 4.79 Å². The van der Waals surface area contributed by atoms with Crippen molar-refractivity contribution in [2.75, 3.05) is 13.1 Å². The molecule has 0 fully saturated rings. The molecule has 2 aromatic carbocycles. The van der Waals surface area contributed by atoms with Gasteiger partial charge in [0, 0.05) is 44.9 Å². The number of aromatic nitrogens is 1. The lowest BCUT2D eigenvalue weighted by molar-refractivity contribution is 0.0773. The number of rotatable bonds is 2. The fourth-order valence-corrected chi connectivity index (χ4v) is 3.81. The number of fused-ring (bicyclic) bond motifs is 1. The fourth-order valence-electron chi connectivity index (χ4n) is 3.27. The number of hydrogen-bond acceptors (Lipinski definition) is 1. The van der Waals surface area contributed by atoms with Crippen LogP contribution in [-0.4, -0.2) is 28.9 Å². The molecule has 1 aliphatic heterocycles. The lowest BCUT2D eigenvalue weighted by Crippen LogP contribution is -2.34. The molecule has 2 heterocycles. The molecule has 25 heavy (non-hydrogen) atoms. The minimum absolute atomic E-state index is 0.0646. The predicted octanol–water partition coefficient (Wildman–Crippen LogP) is 4.84. The lowest BCUT2D eigenvalue weighted by Gasteiger charge is -2.26. The standard InChI is InChI=1S/C20H16FIN2O/c21-15-4-5-17-18(12-23-19(17)11-15)13-6-8-24(9-7-13)20(25)14-2-1-3-16(22)10-14/h1-6,10-12,23H,7-9H2. The van der Waals surface area contributed by atoms with Crippen LogP contribution in [0.15, 0.2) is 54.7 Å². The van der Waals surface area contributed by atoms with Crippen LogP contribution in [0.25, 0.3) is 16.5 Å². The summed E-state index contributed by atoms with van der Waals surface area (Å²) in [5, 5.41) is 1.02. The molecule has 5 heteroatoms. The second-order valence-electron chi connectivity index (χ2n) is 6.13. The summed E-state index contributed by atoms with van der Waals surface area (Å²) in [6.45, 7) is 1.28. The third-order valence-corrected chi connectivity index (χ3v) is 5.23. The van der Waals surface area contributed by atoms with E-state index in [2.05, 4.69) is 33.7 Å². The zero-order chi connectivity index (χ0) is 17.4. The molecular weight excluding hydrogens is 430 g/mol. The number of carbonyl (C=O) groups is 1. The van der Waals surface area contributed by atoms with E-state index in [9.17, 15) is 9.18 Å². The number of carbonyl (C=O) groups excluding carboxylic acids is 1. The number of nitrogens with one attached hydrogen (secondary N) is 1. The number of aromatic amines is 1. The van der Waals surface area contributed by atoms with Gasteiger partial charge < -0.3 is 9.88 Å². The van der Waals surface area contributed by atoms with Crippen LogP contribution in [0.5, 0.6) is 0 Å². The smallest absolute Gasteiger partial charge is 0.254 e. The van der Waals surface area contributed by atoms with Crippen LogP contribution < -0.4 is 0 Å². The summed E-state index contributed by atoms with van der Waals surface area (Å²) in [5.74, 6) is -0.178. The van der Waals surface area contributed by atoms with Crippen LogP contribution in [0.4, 0.5) is 4.39 Å². The lowest BCUT2D eigenvalue weighted by atomic mass is 9.98. The Kier molecular flexibility index (Phi) is 4.33. The van der Waals surface area contributed by atoms with E-state index in [1.807, 2.05) is 35.4 Å². The molecule has 0 radical (unpaired) electrons. The Balaban J connectivity index is 1.56. The summed E-state index contributed by atoms with van der Waals surface area (Å²) in [6.07, 6.45) is 4.81. The zero-order valence-corrected chi connectivity index (χ0v) is 15.6. The SMILES string of the molecule is O=C(c1cccc(I)c1)N1CC=C(c2c[nH]c3cc(F)ccc23)CC1. The van der Waals surface area contributed by atoms with Gasteiger partial charge in [0.25, 0.3) is 5.91 Å². The second kappa shape index (κ2) is 6.63. The summed E-state index contributed by atoms with van der Waals surface area (Å²) in [5.41, 5.74) is 3.82. The Morgan fingerprint density at radius 3 is 2.84 bits per heavy atom. The molecular formula is C20H16FIN2O. The summed E-state index contributed by atoms with van der Waals surface area (Å²) in [7, 11) is 0. The van der Waals surface area contributed by atoms with Crippen LogP contribution in [0, 0.1) is 9.39 Å². The maximum absolute atomic E-state index is 13.3. The van der Waals surface area contributed by atoms with E-state index in [1.165, 1.54) is 17.7 Å². The molecule has 4 rings (SSSR count). The van der Waals surface area contributed by atoms with Crippen LogP contribution in [0.3, 0.4) is 0 Å². The first-order valence-corrected chi connectivity index (χ1v) is 9.20. The molecule has 1 aliphatic rings. The molecule has 126 valence electrons. The number of hydrogen-bond donors (Lipinski definition) is 1. The quantitative estimate of drug-likeness (QED) is 0.562. The molecule has 1 aromatic heterocycles. The molecule has 0 spiro atoms. The van der Waals surface area contributed by atoms with Crippen LogP contribution >= 0.6 is 22.6 Å². The third kappa shape index (κ3) is 3.20. The van der Waals surface area contributed by atoms with Crippen LogP contribution in [0.2, 0.25) is 0 Å². The molecule has 0 bridgehead atoms. The first-order chi connectivity index (χ1) is 12.1. The molecule has 0 aliphatic carbocycles. The van der Waals surface area contributed by atoms with E-state index in [0.29, 0.717) is 13.1 Å². The number of amides is 1. The molecule has 1 N–H and O–H groups in total. The second-order valence-corrected chi connectivity index (χ2v) is 7.38. The Labute approximate surface area is 158 Å². The van der Waals surface area contributed by atoms with Gasteiger partial charge in [-0.05, 0) is 71.0 Å². The van der Waals surface area contributed by atoms with Gasteiger partial charge in [-0.2, -0.15) is 0 Å². The van der Waals surface area contributed by atoms with E-state index < -0.39 is 0 Å². The number of nitrogens with zero attached hydrogens (tertiary/aromatic N) is 1. The Morgan fingerprint density at radius 2 is 2.08 bits per heavy atom. The predicted molar refractivity (Wildman–Crippen MR) is 106 cm³/mol. The topological polar surface area (TPSA) is 36.1 Å². The number of benzene rings is 2. The molecule has 0 saturated carbocycles. The first kappa shape index (κ1) is 16.3. The summed E-state index contributed by atoms with van der Waals surface area (Å²) < 4.78 is 14.4. The maximum atomic E-state index is 13.3. The first-order valence-electron chi connectivity index (χ1n) is 8.13. The molecule has 3 aromatic rings. The van der Waals surface area contributed by atoms with Crippen molar-refractivity contribution in [3.63, 3.8) is 0 Å². The van der Waals surface area contributed by atoms with Crippen molar-refractivity contribution in [2.24, 2.45) is 0 Å². The fraction of sp³-hybridized carbons (Fsp3) is 0.150. The molecule has 0 saturated heterocycles. The highest BCUT2D eigenvalue weighted by Gasteiger charge is 2.20. The molecule has 0 atom stereocenters. The van der Waals surface area contributed by atoms with E-state index in [4.69, 9.17) is 0 Å². The average Bonchev–Trinajstić information content (AvgIpc) is 3.04. The highest BCUT2D eigenvalue weighted by molar-refractivity contribution is 14.1. The van der Waals surface area contributed by atoms with Gasteiger partial charge in [-0.15, -0.1) is 0 Å². The number of H-pyrrole nitrogens is 1. The van der Waals surface area contributed by atoms with Crippen LogP contribution in [0.1, 0.15) is 22.3 Å². The minimum Gasteiger partial charge on any atom is -0.360 e. The van der Waals surface area contributed by atoms with Gasteiger partial charge in [0.2, 0.25) is 0 Å². The van der Waals surface area contributed by atoms with Crippen molar-refractivity contribution in [1.29, 1.82) is 0 Å². The van der Waals surface area contributed by atoms with E-state index in [0.717, 1.165) is 32.0 Å². The van der Waals surface area contributed by atoms with Gasteiger partial charge in [-0.1, -0.05) is 12.1 Å². The van der Waals surface area contributed by atoms with Gasteiger partial charge in [0.1, 0.15) is 5.82 Å². The molecule has 3 nitrogen and oxygen atoms in total. The Morgan fingerprint density at radius 1 is 1.20 bits per heavy atom. The normalized spacial score (nSPS) is 14.6. The molecule has 0 unspecified atom stereocenters. The summed E-state index contributed by atoms with van der Waals surface area (Å²) in [4.78, 5) is 17.6. The van der Waals surface area contributed by atoms with Gasteiger partial charge >= 0.3 is 0 Å². The van der Waals surface area contributed by atoms with E-state index in [-0.39, 0.29) is 11.7 Å². The maximum Gasteiger partial charge on any atom is 0.254 e.